The molecule has 0 saturated heterocycles. The lowest BCUT2D eigenvalue weighted by Gasteiger charge is -2.34. The number of carbonyl (C=O) groups is 4. The summed E-state index contributed by atoms with van der Waals surface area (Å²) in [7, 11) is 0. The first-order valence-corrected chi connectivity index (χ1v) is 15.4. The molecule has 0 heterocycles. The van der Waals surface area contributed by atoms with Gasteiger partial charge in [0.25, 0.3) is 0 Å². The zero-order valence-corrected chi connectivity index (χ0v) is 26.5. The fraction of sp³-hybridized carbons (Fsp3) is 0.529. The molecule has 0 spiro atoms. The van der Waals surface area contributed by atoms with Gasteiger partial charge in [-0.2, -0.15) is 0 Å². The Kier molecular flexibility index (Phi) is 14.7. The van der Waals surface area contributed by atoms with Gasteiger partial charge in [-0.3, -0.25) is 14.4 Å². The molecular weight excluding hydrogens is 544 g/mol. The zero-order valence-electron chi connectivity index (χ0n) is 26.5. The largest absolute Gasteiger partial charge is 0.444 e. The van der Waals surface area contributed by atoms with Crippen molar-refractivity contribution in [1.29, 1.82) is 0 Å². The predicted molar refractivity (Wildman–Crippen MR) is 169 cm³/mol. The molecule has 0 aliphatic carbocycles. The summed E-state index contributed by atoms with van der Waals surface area (Å²) in [6, 6.07) is 14.8. The van der Waals surface area contributed by atoms with Crippen LogP contribution in [0.3, 0.4) is 0 Å². The molecule has 0 radical (unpaired) electrons. The van der Waals surface area contributed by atoms with E-state index in [1.54, 1.807) is 20.8 Å². The topological polar surface area (TPSA) is 131 Å². The van der Waals surface area contributed by atoms with Crippen molar-refractivity contribution in [2.45, 2.75) is 110 Å². The summed E-state index contributed by atoms with van der Waals surface area (Å²) in [4.78, 5) is 54.4. The maximum absolute atomic E-state index is 14.2. The maximum Gasteiger partial charge on any atom is 0.408 e. The lowest BCUT2D eigenvalue weighted by Crippen LogP contribution is -2.54. The first-order chi connectivity index (χ1) is 20.4. The molecule has 0 saturated carbocycles. The number of hydrogen-bond donors (Lipinski definition) is 3. The number of unbranched alkanes of at least 4 members (excludes halogenated alkanes) is 5. The summed E-state index contributed by atoms with van der Waals surface area (Å²) >= 11 is 0. The summed E-state index contributed by atoms with van der Waals surface area (Å²) in [5.41, 5.74) is 7.35. The van der Waals surface area contributed by atoms with E-state index in [0.29, 0.717) is 12.0 Å². The van der Waals surface area contributed by atoms with Crippen molar-refractivity contribution in [2.24, 2.45) is 5.73 Å². The van der Waals surface area contributed by atoms with E-state index in [-0.39, 0.29) is 19.0 Å². The highest BCUT2D eigenvalue weighted by Gasteiger charge is 2.36. The second-order valence-corrected chi connectivity index (χ2v) is 11.9. The molecule has 43 heavy (non-hydrogen) atoms. The van der Waals surface area contributed by atoms with Crippen LogP contribution in [0, 0.1) is 0 Å². The third-order valence-corrected chi connectivity index (χ3v) is 7.00. The molecule has 2 rings (SSSR count). The lowest BCUT2D eigenvalue weighted by atomic mass is 9.99. The van der Waals surface area contributed by atoms with Gasteiger partial charge in [0.05, 0.1) is 6.42 Å². The van der Waals surface area contributed by atoms with E-state index < -0.39 is 42.0 Å². The van der Waals surface area contributed by atoms with E-state index in [9.17, 15) is 19.2 Å². The van der Waals surface area contributed by atoms with Crippen molar-refractivity contribution in [3.05, 3.63) is 71.3 Å². The van der Waals surface area contributed by atoms with Crippen LogP contribution in [0.1, 0.15) is 102 Å². The highest BCUT2D eigenvalue weighted by molar-refractivity contribution is 5.94. The van der Waals surface area contributed by atoms with Crippen LogP contribution in [0.5, 0.6) is 0 Å². The van der Waals surface area contributed by atoms with Crippen LogP contribution in [0.4, 0.5) is 4.79 Å². The van der Waals surface area contributed by atoms with E-state index in [2.05, 4.69) is 17.6 Å². The lowest BCUT2D eigenvalue weighted by molar-refractivity contribution is -0.143. The zero-order chi connectivity index (χ0) is 31.8. The highest BCUT2D eigenvalue weighted by atomic mass is 16.6. The third kappa shape index (κ3) is 12.9. The standard InChI is InChI=1S/C34H50N4O5/c1-6-8-9-10-11-15-22-38(32(41)28(23-29(35)39)37-33(42)43-34(3,4)5)30(27-20-18-25(7-2)19-21-27)31(40)36-24-26-16-13-12-14-17-26/h12-14,16-21,28,30H,6-11,15,22-24H2,1-5H3,(H2,35,39)(H,36,40)(H,37,42). The summed E-state index contributed by atoms with van der Waals surface area (Å²) in [5.74, 6) is -1.69. The monoisotopic (exact) mass is 594 g/mol. The molecule has 0 bridgehead atoms. The van der Waals surface area contributed by atoms with Gasteiger partial charge < -0.3 is 26.0 Å². The molecule has 0 aliphatic heterocycles. The van der Waals surface area contributed by atoms with Gasteiger partial charge in [-0.1, -0.05) is 101 Å². The van der Waals surface area contributed by atoms with Gasteiger partial charge in [-0.15, -0.1) is 0 Å². The molecule has 9 heteroatoms. The van der Waals surface area contributed by atoms with Crippen LogP contribution in [-0.2, 0) is 32.1 Å². The van der Waals surface area contributed by atoms with Gasteiger partial charge in [-0.05, 0) is 50.3 Å². The molecule has 2 atom stereocenters. The normalized spacial score (nSPS) is 12.6. The van der Waals surface area contributed by atoms with Crippen LogP contribution in [0.15, 0.2) is 54.6 Å². The van der Waals surface area contributed by atoms with Gasteiger partial charge >= 0.3 is 6.09 Å². The number of ether oxygens (including phenoxy) is 1. The smallest absolute Gasteiger partial charge is 0.408 e. The van der Waals surface area contributed by atoms with Crippen LogP contribution in [0.2, 0.25) is 0 Å². The van der Waals surface area contributed by atoms with Gasteiger partial charge in [0, 0.05) is 13.1 Å². The van der Waals surface area contributed by atoms with Gasteiger partial charge in [0.1, 0.15) is 17.7 Å². The number of primary amides is 1. The van der Waals surface area contributed by atoms with Crippen molar-refractivity contribution in [3.8, 4) is 0 Å². The highest BCUT2D eigenvalue weighted by Crippen LogP contribution is 2.25. The number of alkyl carbamates (subject to hydrolysis) is 1. The fourth-order valence-corrected chi connectivity index (χ4v) is 4.77. The van der Waals surface area contributed by atoms with E-state index in [0.717, 1.165) is 49.7 Å². The molecule has 0 aliphatic rings. The molecule has 2 aromatic carbocycles. The average Bonchev–Trinajstić information content (AvgIpc) is 2.96. The Hall–Kier alpha value is -3.88. The van der Waals surface area contributed by atoms with Crippen LogP contribution in [-0.4, -0.2) is 46.9 Å². The predicted octanol–water partition coefficient (Wildman–Crippen LogP) is 5.56. The quantitative estimate of drug-likeness (QED) is 0.206. The number of hydrogen-bond acceptors (Lipinski definition) is 5. The molecule has 0 fully saturated rings. The minimum Gasteiger partial charge on any atom is -0.444 e. The van der Waals surface area contributed by atoms with Crippen molar-refractivity contribution in [1.82, 2.24) is 15.5 Å². The Balaban J connectivity index is 2.47. The summed E-state index contributed by atoms with van der Waals surface area (Å²) in [6.07, 6.45) is 5.43. The molecule has 4 N–H and O–H groups in total. The Bertz CT molecular complexity index is 1160. The number of nitrogens with one attached hydrogen (secondary N) is 2. The number of nitrogens with zero attached hydrogens (tertiary/aromatic N) is 1. The van der Waals surface area contributed by atoms with Crippen molar-refractivity contribution in [3.63, 3.8) is 0 Å². The molecule has 9 nitrogen and oxygen atoms in total. The average molecular weight is 595 g/mol. The van der Waals surface area contributed by atoms with Crippen molar-refractivity contribution < 1.29 is 23.9 Å². The Morgan fingerprint density at radius 1 is 0.860 bits per heavy atom. The summed E-state index contributed by atoms with van der Waals surface area (Å²) in [6.45, 7) is 9.85. The number of amides is 4. The molecule has 4 amide bonds. The van der Waals surface area contributed by atoms with Gasteiger partial charge in [0.2, 0.25) is 17.7 Å². The fourth-order valence-electron chi connectivity index (χ4n) is 4.77. The van der Waals surface area contributed by atoms with Crippen molar-refractivity contribution in [2.75, 3.05) is 6.54 Å². The minimum absolute atomic E-state index is 0.259. The number of carbonyl (C=O) groups excluding carboxylic acids is 4. The number of nitrogens with two attached hydrogens (primary N) is 1. The SMILES string of the molecule is CCCCCCCCN(C(=O)C(CC(N)=O)NC(=O)OC(C)(C)C)C(C(=O)NCc1ccccc1)c1ccc(CC)cc1. The second-order valence-electron chi connectivity index (χ2n) is 11.9. The van der Waals surface area contributed by atoms with Gasteiger partial charge in [0.15, 0.2) is 0 Å². The maximum atomic E-state index is 14.2. The van der Waals surface area contributed by atoms with E-state index in [4.69, 9.17) is 10.5 Å². The number of benzene rings is 2. The van der Waals surface area contributed by atoms with E-state index >= 15 is 0 Å². The van der Waals surface area contributed by atoms with Crippen molar-refractivity contribution >= 4 is 23.8 Å². The molecule has 0 aromatic heterocycles. The third-order valence-electron chi connectivity index (χ3n) is 7.00. The minimum atomic E-state index is -1.30. The van der Waals surface area contributed by atoms with Gasteiger partial charge in [-0.25, -0.2) is 4.79 Å². The van der Waals surface area contributed by atoms with Crippen LogP contribution < -0.4 is 16.4 Å². The molecule has 2 aromatic rings. The van der Waals surface area contributed by atoms with E-state index in [1.165, 1.54) is 4.90 Å². The Morgan fingerprint density at radius 2 is 1.49 bits per heavy atom. The summed E-state index contributed by atoms with van der Waals surface area (Å²) in [5, 5.41) is 5.53. The first-order valence-electron chi connectivity index (χ1n) is 15.4. The first kappa shape index (κ1) is 35.3. The molecule has 236 valence electrons. The Labute approximate surface area is 256 Å². The second kappa shape index (κ2) is 17.9. The van der Waals surface area contributed by atoms with Crippen LogP contribution >= 0.6 is 0 Å². The number of rotatable bonds is 17. The van der Waals surface area contributed by atoms with E-state index in [1.807, 2.05) is 61.5 Å². The Morgan fingerprint density at radius 3 is 2.07 bits per heavy atom. The van der Waals surface area contributed by atoms with Crippen LogP contribution in [0.25, 0.3) is 0 Å². The number of aryl methyl sites for hydroxylation is 1. The summed E-state index contributed by atoms with van der Waals surface area (Å²) < 4.78 is 5.37. The molecular formula is C34H50N4O5. The molecule has 2 unspecified atom stereocenters.